The van der Waals surface area contributed by atoms with Crippen LogP contribution in [-0.2, 0) is 4.74 Å². The van der Waals surface area contributed by atoms with Crippen LogP contribution in [0.2, 0.25) is 0 Å². The molecule has 0 aromatic rings. The first-order valence-electron chi connectivity index (χ1n) is 7.09. The summed E-state index contributed by atoms with van der Waals surface area (Å²) in [6.45, 7) is 5.98. The van der Waals surface area contributed by atoms with Crippen molar-refractivity contribution in [3.05, 3.63) is 0 Å². The van der Waals surface area contributed by atoms with Crippen molar-refractivity contribution in [3.63, 3.8) is 0 Å². The van der Waals surface area contributed by atoms with E-state index in [0.29, 0.717) is 12.5 Å². The Morgan fingerprint density at radius 1 is 1.33 bits per heavy atom. The molecule has 1 aliphatic heterocycles. The Kier molecular flexibility index (Phi) is 7.77. The zero-order valence-corrected chi connectivity index (χ0v) is 11.6. The third-order valence-corrected chi connectivity index (χ3v) is 3.41. The number of unbranched alkanes of at least 4 members (excludes halogenated alkanes) is 1. The van der Waals surface area contributed by atoms with E-state index >= 15 is 0 Å². The molecule has 0 aromatic heterocycles. The number of nitrogens with one attached hydrogen (secondary N) is 2. The smallest absolute Gasteiger partial charge is 0.178 e. The fourth-order valence-electron chi connectivity index (χ4n) is 2.23. The van der Waals surface area contributed by atoms with E-state index in [2.05, 4.69) is 17.6 Å². The highest BCUT2D eigenvalue weighted by molar-refractivity contribution is 4.76. The van der Waals surface area contributed by atoms with Crippen molar-refractivity contribution in [1.29, 1.82) is 0 Å². The van der Waals surface area contributed by atoms with Gasteiger partial charge in [-0.1, -0.05) is 19.8 Å². The zero-order chi connectivity index (χ0) is 13.4. The van der Waals surface area contributed by atoms with Gasteiger partial charge in [0, 0.05) is 19.3 Å². The monoisotopic (exact) mass is 260 g/mol. The predicted octanol–water partition coefficient (Wildman–Crippen LogP) is 0.560. The number of aliphatic hydroxyl groups is 2. The van der Waals surface area contributed by atoms with E-state index in [0.717, 1.165) is 38.9 Å². The van der Waals surface area contributed by atoms with E-state index in [4.69, 9.17) is 4.74 Å². The average Bonchev–Trinajstić information content (AvgIpc) is 2.84. The summed E-state index contributed by atoms with van der Waals surface area (Å²) in [6.07, 6.45) is 2.95. The van der Waals surface area contributed by atoms with Gasteiger partial charge in [0.1, 0.15) is 6.10 Å². The molecular weight excluding hydrogens is 232 g/mol. The highest BCUT2D eigenvalue weighted by Crippen LogP contribution is 2.14. The Morgan fingerprint density at radius 2 is 2.11 bits per heavy atom. The standard InChI is InChI=1S/C13H28N2O3/c1-3-4-5-12(13(16)17)18-10(2)6-7-11-8-14-9-15-11/h10-17H,3-9H2,1-2H3. The molecule has 0 spiro atoms. The lowest BCUT2D eigenvalue weighted by molar-refractivity contribution is -0.165. The molecular formula is C13H28N2O3. The van der Waals surface area contributed by atoms with Gasteiger partial charge in [-0.3, -0.25) is 0 Å². The molecule has 18 heavy (non-hydrogen) atoms. The molecule has 1 rings (SSSR count). The molecule has 108 valence electrons. The van der Waals surface area contributed by atoms with Crippen LogP contribution < -0.4 is 10.6 Å². The maximum Gasteiger partial charge on any atom is 0.178 e. The van der Waals surface area contributed by atoms with Crippen LogP contribution in [-0.4, -0.2) is 48.0 Å². The Labute approximate surface area is 110 Å². The second-order valence-corrected chi connectivity index (χ2v) is 5.15. The predicted molar refractivity (Wildman–Crippen MR) is 71.1 cm³/mol. The number of hydrogen-bond acceptors (Lipinski definition) is 5. The third kappa shape index (κ3) is 6.11. The maximum absolute atomic E-state index is 9.28. The summed E-state index contributed by atoms with van der Waals surface area (Å²) in [5.74, 6) is 0. The number of rotatable bonds is 9. The molecule has 5 nitrogen and oxygen atoms in total. The Morgan fingerprint density at radius 3 is 2.67 bits per heavy atom. The fraction of sp³-hybridized carbons (Fsp3) is 1.00. The molecule has 4 N–H and O–H groups in total. The summed E-state index contributed by atoms with van der Waals surface area (Å²) in [5, 5.41) is 25.2. The normalized spacial score (nSPS) is 23.5. The van der Waals surface area contributed by atoms with Crippen molar-refractivity contribution in [1.82, 2.24) is 10.6 Å². The first-order valence-corrected chi connectivity index (χ1v) is 7.09. The summed E-state index contributed by atoms with van der Waals surface area (Å²) in [5.41, 5.74) is 0. The molecule has 0 bridgehead atoms. The van der Waals surface area contributed by atoms with Crippen molar-refractivity contribution in [2.75, 3.05) is 13.2 Å². The molecule has 1 saturated heterocycles. The quantitative estimate of drug-likeness (QED) is 0.456. The Hall–Kier alpha value is -0.200. The minimum absolute atomic E-state index is 0.0658. The minimum atomic E-state index is -1.37. The van der Waals surface area contributed by atoms with E-state index in [1.165, 1.54) is 0 Å². The van der Waals surface area contributed by atoms with E-state index in [1.807, 2.05) is 6.92 Å². The number of ether oxygens (including phenoxy) is 1. The molecule has 0 aromatic carbocycles. The molecule has 1 aliphatic rings. The van der Waals surface area contributed by atoms with Gasteiger partial charge in [-0.15, -0.1) is 0 Å². The van der Waals surface area contributed by atoms with Gasteiger partial charge in [0.15, 0.2) is 6.29 Å². The first-order chi connectivity index (χ1) is 8.63. The average molecular weight is 260 g/mol. The second kappa shape index (κ2) is 8.82. The van der Waals surface area contributed by atoms with Crippen LogP contribution in [0.4, 0.5) is 0 Å². The number of aliphatic hydroxyl groups excluding tert-OH is 1. The van der Waals surface area contributed by atoms with Gasteiger partial charge in [-0.2, -0.15) is 0 Å². The van der Waals surface area contributed by atoms with Crippen LogP contribution in [0.5, 0.6) is 0 Å². The lowest BCUT2D eigenvalue weighted by Gasteiger charge is -2.24. The van der Waals surface area contributed by atoms with Crippen LogP contribution in [0, 0.1) is 0 Å². The highest BCUT2D eigenvalue weighted by atomic mass is 16.6. The fourth-order valence-corrected chi connectivity index (χ4v) is 2.23. The van der Waals surface area contributed by atoms with Crippen LogP contribution in [0.15, 0.2) is 0 Å². The first kappa shape index (κ1) is 15.9. The van der Waals surface area contributed by atoms with Crippen molar-refractivity contribution < 1.29 is 14.9 Å². The lowest BCUT2D eigenvalue weighted by Crippen LogP contribution is -2.33. The van der Waals surface area contributed by atoms with E-state index in [9.17, 15) is 10.2 Å². The lowest BCUT2D eigenvalue weighted by atomic mass is 10.1. The summed E-state index contributed by atoms with van der Waals surface area (Å²) in [6, 6.07) is 0.518. The van der Waals surface area contributed by atoms with Gasteiger partial charge < -0.3 is 25.6 Å². The van der Waals surface area contributed by atoms with Crippen LogP contribution in [0.1, 0.15) is 46.0 Å². The van der Waals surface area contributed by atoms with Gasteiger partial charge in [0.2, 0.25) is 0 Å². The maximum atomic E-state index is 9.28. The molecule has 0 amide bonds. The van der Waals surface area contributed by atoms with Gasteiger partial charge in [0.25, 0.3) is 0 Å². The van der Waals surface area contributed by atoms with Crippen molar-refractivity contribution in [2.24, 2.45) is 0 Å². The van der Waals surface area contributed by atoms with E-state index in [-0.39, 0.29) is 6.10 Å². The number of hydrogen-bond donors (Lipinski definition) is 4. The molecule has 0 saturated carbocycles. The van der Waals surface area contributed by atoms with Crippen molar-refractivity contribution in [2.45, 2.75) is 70.5 Å². The van der Waals surface area contributed by atoms with Crippen molar-refractivity contribution >= 4 is 0 Å². The summed E-state index contributed by atoms with van der Waals surface area (Å²) in [7, 11) is 0. The van der Waals surface area contributed by atoms with Crippen LogP contribution in [0.3, 0.4) is 0 Å². The molecule has 1 heterocycles. The molecule has 3 atom stereocenters. The summed E-state index contributed by atoms with van der Waals surface area (Å²) >= 11 is 0. The SMILES string of the molecule is CCCCC(OC(C)CCC1CNCN1)C(O)O. The van der Waals surface area contributed by atoms with Crippen LogP contribution >= 0.6 is 0 Å². The Balaban J connectivity index is 2.19. The van der Waals surface area contributed by atoms with E-state index < -0.39 is 12.4 Å². The molecule has 0 aliphatic carbocycles. The summed E-state index contributed by atoms with van der Waals surface area (Å²) < 4.78 is 5.73. The molecule has 5 heteroatoms. The van der Waals surface area contributed by atoms with Crippen molar-refractivity contribution in [3.8, 4) is 0 Å². The minimum Gasteiger partial charge on any atom is -0.370 e. The molecule has 0 radical (unpaired) electrons. The topological polar surface area (TPSA) is 73.8 Å². The third-order valence-electron chi connectivity index (χ3n) is 3.41. The second-order valence-electron chi connectivity index (χ2n) is 5.15. The van der Waals surface area contributed by atoms with Gasteiger partial charge in [0.05, 0.1) is 6.10 Å². The summed E-state index contributed by atoms with van der Waals surface area (Å²) in [4.78, 5) is 0. The zero-order valence-electron chi connectivity index (χ0n) is 11.6. The molecule has 3 unspecified atom stereocenters. The molecule has 1 fully saturated rings. The Bertz CT molecular complexity index is 208. The van der Waals surface area contributed by atoms with Crippen LogP contribution in [0.25, 0.3) is 0 Å². The van der Waals surface area contributed by atoms with Gasteiger partial charge in [-0.25, -0.2) is 0 Å². The van der Waals surface area contributed by atoms with E-state index in [1.54, 1.807) is 0 Å². The highest BCUT2D eigenvalue weighted by Gasteiger charge is 2.21. The largest absolute Gasteiger partial charge is 0.370 e. The van der Waals surface area contributed by atoms with Gasteiger partial charge >= 0.3 is 0 Å². The van der Waals surface area contributed by atoms with Gasteiger partial charge in [-0.05, 0) is 26.2 Å².